The van der Waals surface area contributed by atoms with Crippen LogP contribution in [0, 0.1) is 17.8 Å². The molecule has 1 aromatic rings. The van der Waals surface area contributed by atoms with E-state index < -0.39 is 0 Å². The van der Waals surface area contributed by atoms with Crippen LogP contribution in [-0.4, -0.2) is 11.4 Å². The molecule has 4 fully saturated rings. The van der Waals surface area contributed by atoms with Crippen LogP contribution in [0.5, 0.6) is 0 Å². The van der Waals surface area contributed by atoms with Gasteiger partial charge in [-0.3, -0.25) is 0 Å². The van der Waals surface area contributed by atoms with E-state index in [-0.39, 0.29) is 0 Å². The number of amidine groups is 1. The maximum atomic E-state index is 4.96. The lowest BCUT2D eigenvalue weighted by Crippen LogP contribution is -2.59. The summed E-state index contributed by atoms with van der Waals surface area (Å²) < 4.78 is 0. The molecule has 4 aliphatic carbocycles. The average molecular weight is 310 g/mol. The summed E-state index contributed by atoms with van der Waals surface area (Å²) >= 11 is 0. The fraction of sp³-hybridized carbons (Fsp3) is 0.667. The van der Waals surface area contributed by atoms with Crippen LogP contribution in [0.2, 0.25) is 0 Å². The number of nitrogens with zero attached hydrogens (tertiary/aromatic N) is 1. The zero-order valence-electron chi connectivity index (χ0n) is 14.8. The molecule has 124 valence electrons. The Morgan fingerprint density at radius 3 is 2.17 bits per heavy atom. The maximum absolute atomic E-state index is 4.96. The predicted octanol–water partition coefficient (Wildman–Crippen LogP) is 5.42. The Labute approximate surface area is 140 Å². The van der Waals surface area contributed by atoms with Gasteiger partial charge in [0.1, 0.15) is 0 Å². The number of para-hydroxylation sites is 1. The Balaban J connectivity index is 1.55. The van der Waals surface area contributed by atoms with E-state index in [1.807, 2.05) is 0 Å². The Bertz CT molecular complexity index is 579. The predicted molar refractivity (Wildman–Crippen MR) is 97.3 cm³/mol. The van der Waals surface area contributed by atoms with Crippen molar-refractivity contribution >= 4 is 11.5 Å². The van der Waals surface area contributed by atoms with Gasteiger partial charge in [-0.15, -0.1) is 0 Å². The lowest BCUT2D eigenvalue weighted by molar-refractivity contribution is -0.0101. The molecule has 0 atom stereocenters. The van der Waals surface area contributed by atoms with Crippen LogP contribution >= 0.6 is 0 Å². The second-order valence-corrected chi connectivity index (χ2v) is 8.73. The second kappa shape index (κ2) is 5.65. The summed E-state index contributed by atoms with van der Waals surface area (Å²) in [4.78, 5) is 4.96. The zero-order valence-corrected chi connectivity index (χ0v) is 14.8. The van der Waals surface area contributed by atoms with Gasteiger partial charge < -0.3 is 5.32 Å². The maximum Gasteiger partial charge on any atom is 0.0995 e. The van der Waals surface area contributed by atoms with E-state index >= 15 is 0 Å². The number of hydrogen-bond donors (Lipinski definition) is 1. The summed E-state index contributed by atoms with van der Waals surface area (Å²) in [6, 6.07) is 8.58. The van der Waals surface area contributed by atoms with Gasteiger partial charge in [0.15, 0.2) is 0 Å². The zero-order chi connectivity index (χ0) is 16.0. The van der Waals surface area contributed by atoms with Crippen LogP contribution < -0.4 is 5.32 Å². The molecule has 4 saturated carbocycles. The molecular formula is C21H30N2. The fourth-order valence-corrected chi connectivity index (χ4v) is 5.93. The van der Waals surface area contributed by atoms with E-state index in [9.17, 15) is 0 Å². The quantitative estimate of drug-likeness (QED) is 0.585. The molecule has 4 bridgehead atoms. The van der Waals surface area contributed by atoms with Crippen LogP contribution in [0.4, 0.5) is 5.69 Å². The van der Waals surface area contributed by atoms with Crippen LogP contribution in [0.25, 0.3) is 0 Å². The van der Waals surface area contributed by atoms with E-state index in [4.69, 9.17) is 4.99 Å². The summed E-state index contributed by atoms with van der Waals surface area (Å²) in [6.45, 7) is 6.65. The standard InChI is InChI=1S/C21H30N2/c1-14(2)19-6-4-5-7-20(19)22-15(3)23-21-11-16-8-17(12-21)10-18(9-16)13-21/h4-7,14,16-18H,8-13H2,1-3H3,(H,22,23). The first-order chi connectivity index (χ1) is 11.0. The molecule has 5 rings (SSSR count). The van der Waals surface area contributed by atoms with Gasteiger partial charge >= 0.3 is 0 Å². The van der Waals surface area contributed by atoms with E-state index in [0.717, 1.165) is 29.3 Å². The third-order valence-electron chi connectivity index (χ3n) is 6.33. The van der Waals surface area contributed by atoms with Crippen molar-refractivity contribution in [2.24, 2.45) is 22.7 Å². The van der Waals surface area contributed by atoms with Crippen molar-refractivity contribution in [2.75, 3.05) is 0 Å². The smallest absolute Gasteiger partial charge is 0.0995 e. The highest BCUT2D eigenvalue weighted by Gasteiger charge is 2.50. The van der Waals surface area contributed by atoms with Gasteiger partial charge in [0.05, 0.1) is 11.5 Å². The number of benzene rings is 1. The molecule has 1 aromatic carbocycles. The van der Waals surface area contributed by atoms with E-state index in [2.05, 4.69) is 50.4 Å². The van der Waals surface area contributed by atoms with Crippen LogP contribution in [-0.2, 0) is 0 Å². The molecule has 0 heterocycles. The molecule has 0 radical (unpaired) electrons. The normalized spacial score (nSPS) is 35.8. The van der Waals surface area contributed by atoms with Crippen molar-refractivity contribution in [1.29, 1.82) is 0 Å². The molecule has 0 aromatic heterocycles. The first kappa shape index (κ1) is 15.2. The van der Waals surface area contributed by atoms with Crippen LogP contribution in [0.3, 0.4) is 0 Å². The Kier molecular flexibility index (Phi) is 3.74. The molecule has 0 spiro atoms. The van der Waals surface area contributed by atoms with E-state index in [1.54, 1.807) is 0 Å². The van der Waals surface area contributed by atoms with Gasteiger partial charge in [0.2, 0.25) is 0 Å². The van der Waals surface area contributed by atoms with Crippen molar-refractivity contribution in [1.82, 2.24) is 5.32 Å². The highest BCUT2D eigenvalue weighted by atomic mass is 15.1. The van der Waals surface area contributed by atoms with Crippen LogP contribution in [0.1, 0.15) is 70.8 Å². The van der Waals surface area contributed by atoms with Crippen molar-refractivity contribution in [2.45, 2.75) is 70.8 Å². The number of aliphatic imine (C=N–C) groups is 1. The van der Waals surface area contributed by atoms with Gasteiger partial charge in [-0.05, 0) is 80.8 Å². The SMILES string of the molecule is CC(=Nc1ccccc1C(C)C)NC12CC3CC(CC(C3)C1)C2. The molecule has 4 aliphatic rings. The van der Waals surface area contributed by atoms with Crippen molar-refractivity contribution in [3.8, 4) is 0 Å². The summed E-state index contributed by atoms with van der Waals surface area (Å²) in [5.41, 5.74) is 2.84. The van der Waals surface area contributed by atoms with Crippen molar-refractivity contribution < 1.29 is 0 Å². The summed E-state index contributed by atoms with van der Waals surface area (Å²) in [7, 11) is 0. The molecule has 0 unspecified atom stereocenters. The minimum atomic E-state index is 0.356. The third kappa shape index (κ3) is 2.93. The number of hydrogen-bond acceptors (Lipinski definition) is 1. The minimum absolute atomic E-state index is 0.356. The van der Waals surface area contributed by atoms with Crippen molar-refractivity contribution in [3.05, 3.63) is 29.8 Å². The van der Waals surface area contributed by atoms with Crippen LogP contribution in [0.15, 0.2) is 29.3 Å². The first-order valence-electron chi connectivity index (χ1n) is 9.45. The molecule has 0 saturated heterocycles. The third-order valence-corrected chi connectivity index (χ3v) is 6.33. The molecule has 23 heavy (non-hydrogen) atoms. The lowest BCUT2D eigenvalue weighted by atomic mass is 9.53. The Hall–Kier alpha value is -1.31. The second-order valence-electron chi connectivity index (χ2n) is 8.73. The van der Waals surface area contributed by atoms with Crippen molar-refractivity contribution in [3.63, 3.8) is 0 Å². The molecule has 2 nitrogen and oxygen atoms in total. The molecule has 2 heteroatoms. The van der Waals surface area contributed by atoms with Gasteiger partial charge in [0, 0.05) is 5.54 Å². The van der Waals surface area contributed by atoms with Gasteiger partial charge in [-0.2, -0.15) is 0 Å². The highest BCUT2D eigenvalue weighted by Crippen LogP contribution is 2.55. The van der Waals surface area contributed by atoms with Gasteiger partial charge in [0.25, 0.3) is 0 Å². The molecule has 0 amide bonds. The number of nitrogens with one attached hydrogen (secondary N) is 1. The molecule has 0 aliphatic heterocycles. The topological polar surface area (TPSA) is 24.4 Å². The molecular weight excluding hydrogens is 280 g/mol. The minimum Gasteiger partial charge on any atom is -0.368 e. The fourth-order valence-electron chi connectivity index (χ4n) is 5.93. The lowest BCUT2D eigenvalue weighted by Gasteiger charge is -2.57. The Morgan fingerprint density at radius 1 is 1.04 bits per heavy atom. The van der Waals surface area contributed by atoms with Gasteiger partial charge in [-0.25, -0.2) is 4.99 Å². The molecule has 1 N–H and O–H groups in total. The first-order valence-corrected chi connectivity index (χ1v) is 9.45. The average Bonchev–Trinajstić information content (AvgIpc) is 2.45. The highest BCUT2D eigenvalue weighted by molar-refractivity contribution is 5.83. The van der Waals surface area contributed by atoms with Gasteiger partial charge in [-0.1, -0.05) is 32.0 Å². The number of rotatable bonds is 3. The largest absolute Gasteiger partial charge is 0.368 e. The monoisotopic (exact) mass is 310 g/mol. The van der Waals surface area contributed by atoms with E-state index in [0.29, 0.717) is 11.5 Å². The summed E-state index contributed by atoms with van der Waals surface area (Å²) in [5, 5.41) is 3.89. The summed E-state index contributed by atoms with van der Waals surface area (Å²) in [6.07, 6.45) is 8.60. The summed E-state index contributed by atoms with van der Waals surface area (Å²) in [5.74, 6) is 4.56. The van der Waals surface area contributed by atoms with E-state index in [1.165, 1.54) is 44.1 Å². The Morgan fingerprint density at radius 2 is 1.61 bits per heavy atom.